The minimum atomic E-state index is 0.348. The second-order valence-corrected chi connectivity index (χ2v) is 6.26. The highest BCUT2D eigenvalue weighted by atomic mass is 15.2. The molecule has 2 aromatic rings. The zero-order valence-electron chi connectivity index (χ0n) is 11.6. The number of rotatable bonds is 4. The maximum atomic E-state index is 5.76. The third-order valence-corrected chi connectivity index (χ3v) is 4.47. The van der Waals surface area contributed by atoms with Gasteiger partial charge in [0, 0.05) is 17.6 Å². The molecule has 0 bridgehead atoms. The molecule has 0 spiro atoms. The predicted octanol–water partition coefficient (Wildman–Crippen LogP) is 2.66. The molecule has 19 heavy (non-hydrogen) atoms. The summed E-state index contributed by atoms with van der Waals surface area (Å²) in [5.74, 6) is 6.43. The number of aromatic nitrogens is 1. The van der Waals surface area contributed by atoms with Crippen LogP contribution in [0.15, 0.2) is 36.5 Å². The van der Waals surface area contributed by atoms with Crippen molar-refractivity contribution in [2.45, 2.75) is 32.7 Å². The second-order valence-electron chi connectivity index (χ2n) is 6.26. The summed E-state index contributed by atoms with van der Waals surface area (Å²) in [6, 6.07) is 10.8. The van der Waals surface area contributed by atoms with Crippen LogP contribution >= 0.6 is 0 Å². The van der Waals surface area contributed by atoms with Gasteiger partial charge in [-0.1, -0.05) is 32.0 Å². The Kier molecular flexibility index (Phi) is 3.03. The van der Waals surface area contributed by atoms with Crippen molar-refractivity contribution in [2.75, 3.05) is 0 Å². The van der Waals surface area contributed by atoms with E-state index in [1.54, 1.807) is 0 Å². The number of hydrogen-bond donors (Lipinski definition) is 2. The molecule has 3 N–H and O–H groups in total. The van der Waals surface area contributed by atoms with Crippen LogP contribution in [0.5, 0.6) is 0 Å². The van der Waals surface area contributed by atoms with Crippen LogP contribution in [0.4, 0.5) is 0 Å². The number of nitrogens with two attached hydrogens (primary N) is 1. The van der Waals surface area contributed by atoms with E-state index in [4.69, 9.17) is 5.84 Å². The van der Waals surface area contributed by atoms with Crippen LogP contribution in [-0.2, 0) is 6.42 Å². The fraction of sp³-hybridized carbons (Fsp3) is 0.438. The van der Waals surface area contributed by atoms with Crippen molar-refractivity contribution < 1.29 is 0 Å². The van der Waals surface area contributed by atoms with Crippen LogP contribution in [0, 0.1) is 11.3 Å². The minimum Gasteiger partial charge on any atom is -0.271 e. The van der Waals surface area contributed by atoms with Gasteiger partial charge >= 0.3 is 0 Å². The van der Waals surface area contributed by atoms with Crippen LogP contribution in [0.25, 0.3) is 10.9 Å². The van der Waals surface area contributed by atoms with E-state index in [1.807, 2.05) is 12.3 Å². The van der Waals surface area contributed by atoms with Gasteiger partial charge in [-0.2, -0.15) is 0 Å². The lowest BCUT2D eigenvalue weighted by atomic mass is 9.96. The predicted molar refractivity (Wildman–Crippen MR) is 78.4 cm³/mol. The van der Waals surface area contributed by atoms with E-state index in [9.17, 15) is 0 Å². The smallest absolute Gasteiger partial charge is 0.0704 e. The zero-order valence-corrected chi connectivity index (χ0v) is 11.6. The monoisotopic (exact) mass is 255 g/mol. The number of hydrogen-bond acceptors (Lipinski definition) is 3. The van der Waals surface area contributed by atoms with Gasteiger partial charge in [-0.05, 0) is 41.9 Å². The molecule has 1 heterocycles. The van der Waals surface area contributed by atoms with Gasteiger partial charge in [-0.25, -0.2) is 0 Å². The number of fused-ring (bicyclic) bond motifs is 1. The van der Waals surface area contributed by atoms with Gasteiger partial charge in [-0.3, -0.25) is 16.3 Å². The van der Waals surface area contributed by atoms with Crippen LogP contribution in [0.1, 0.15) is 25.8 Å². The molecule has 3 heteroatoms. The third kappa shape index (κ3) is 2.36. The molecule has 0 radical (unpaired) electrons. The number of pyridine rings is 1. The Labute approximate surface area is 114 Å². The first-order valence-corrected chi connectivity index (χ1v) is 6.90. The van der Waals surface area contributed by atoms with Crippen molar-refractivity contribution in [3.63, 3.8) is 0 Å². The zero-order chi connectivity index (χ0) is 13.5. The first-order valence-electron chi connectivity index (χ1n) is 6.90. The molecule has 1 aliphatic carbocycles. The number of hydrazine groups is 1. The maximum Gasteiger partial charge on any atom is 0.0704 e. The van der Waals surface area contributed by atoms with E-state index in [0.717, 1.165) is 11.9 Å². The van der Waals surface area contributed by atoms with Crippen LogP contribution < -0.4 is 11.3 Å². The van der Waals surface area contributed by atoms with Gasteiger partial charge < -0.3 is 0 Å². The Hall–Kier alpha value is -1.45. The van der Waals surface area contributed by atoms with Gasteiger partial charge in [0.15, 0.2) is 0 Å². The molecule has 1 fully saturated rings. The number of nitrogens with one attached hydrogen (secondary N) is 1. The van der Waals surface area contributed by atoms with Gasteiger partial charge in [0.2, 0.25) is 0 Å². The van der Waals surface area contributed by atoms with E-state index in [2.05, 4.69) is 48.5 Å². The molecule has 3 rings (SSSR count). The summed E-state index contributed by atoms with van der Waals surface area (Å²) in [6.07, 6.45) is 4.11. The van der Waals surface area contributed by atoms with Gasteiger partial charge in [0.1, 0.15) is 0 Å². The quantitative estimate of drug-likeness (QED) is 0.652. The van der Waals surface area contributed by atoms with Crippen LogP contribution in [-0.4, -0.2) is 11.0 Å². The number of nitrogens with zero attached hydrogens (tertiary/aromatic N) is 1. The van der Waals surface area contributed by atoms with E-state index >= 15 is 0 Å². The van der Waals surface area contributed by atoms with Crippen molar-refractivity contribution in [3.8, 4) is 0 Å². The fourth-order valence-electron chi connectivity index (χ4n) is 3.08. The first-order chi connectivity index (χ1) is 9.12. The Bertz CT molecular complexity index is 586. The van der Waals surface area contributed by atoms with Gasteiger partial charge in [0.05, 0.1) is 5.52 Å². The topological polar surface area (TPSA) is 50.9 Å². The van der Waals surface area contributed by atoms with E-state index in [0.29, 0.717) is 17.4 Å². The summed E-state index contributed by atoms with van der Waals surface area (Å²) in [7, 11) is 0. The van der Waals surface area contributed by atoms with Crippen LogP contribution in [0.3, 0.4) is 0 Å². The molecule has 0 saturated heterocycles. The van der Waals surface area contributed by atoms with Crippen molar-refractivity contribution in [3.05, 3.63) is 42.1 Å². The number of benzene rings is 1. The molecule has 1 aromatic heterocycles. The Balaban J connectivity index is 1.88. The summed E-state index contributed by atoms with van der Waals surface area (Å²) in [5.41, 5.74) is 5.83. The number of para-hydroxylation sites is 1. The molecule has 3 nitrogen and oxygen atoms in total. The molecule has 0 amide bonds. The summed E-state index contributed by atoms with van der Waals surface area (Å²) in [6.45, 7) is 4.62. The summed E-state index contributed by atoms with van der Waals surface area (Å²) in [5, 5.41) is 1.24. The highest BCUT2D eigenvalue weighted by Crippen LogP contribution is 2.53. The molecule has 0 aliphatic heterocycles. The standard InChI is InChI=1S/C16H21N3/c1-16(2)10-13(16)15(19-17)9-11-7-8-18-14-6-4-3-5-12(11)14/h3-8,13,15,19H,9-10,17H2,1-2H3. The average Bonchev–Trinajstić information content (AvgIpc) is 3.05. The van der Waals surface area contributed by atoms with E-state index in [1.165, 1.54) is 17.4 Å². The molecule has 2 atom stereocenters. The first kappa shape index (κ1) is 12.6. The summed E-state index contributed by atoms with van der Waals surface area (Å²) < 4.78 is 0. The van der Waals surface area contributed by atoms with Gasteiger partial charge in [0.25, 0.3) is 0 Å². The molecule has 1 aliphatic rings. The van der Waals surface area contributed by atoms with Crippen LogP contribution in [0.2, 0.25) is 0 Å². The van der Waals surface area contributed by atoms with E-state index in [-0.39, 0.29) is 0 Å². The summed E-state index contributed by atoms with van der Waals surface area (Å²) in [4.78, 5) is 4.41. The minimum absolute atomic E-state index is 0.348. The lowest BCUT2D eigenvalue weighted by Crippen LogP contribution is -2.39. The largest absolute Gasteiger partial charge is 0.271 e. The third-order valence-electron chi connectivity index (χ3n) is 4.47. The molecule has 2 unspecified atom stereocenters. The normalized spacial score (nSPS) is 22.4. The molecular formula is C16H21N3. The molecule has 1 aromatic carbocycles. The maximum absolute atomic E-state index is 5.76. The average molecular weight is 255 g/mol. The van der Waals surface area contributed by atoms with Crippen molar-refractivity contribution >= 4 is 10.9 Å². The van der Waals surface area contributed by atoms with Crippen molar-refractivity contribution in [2.24, 2.45) is 17.2 Å². The lowest BCUT2D eigenvalue weighted by Gasteiger charge is -2.18. The van der Waals surface area contributed by atoms with Crippen molar-refractivity contribution in [1.82, 2.24) is 10.4 Å². The lowest BCUT2D eigenvalue weighted by molar-refractivity contribution is 0.409. The highest BCUT2D eigenvalue weighted by molar-refractivity contribution is 5.81. The summed E-state index contributed by atoms with van der Waals surface area (Å²) >= 11 is 0. The molecule has 100 valence electrons. The van der Waals surface area contributed by atoms with Gasteiger partial charge in [-0.15, -0.1) is 0 Å². The molecule has 1 saturated carbocycles. The highest BCUT2D eigenvalue weighted by Gasteiger charge is 2.49. The Morgan fingerprint density at radius 2 is 2.11 bits per heavy atom. The Morgan fingerprint density at radius 3 is 2.79 bits per heavy atom. The molecular weight excluding hydrogens is 234 g/mol. The van der Waals surface area contributed by atoms with E-state index < -0.39 is 0 Å². The van der Waals surface area contributed by atoms with Crippen molar-refractivity contribution in [1.29, 1.82) is 0 Å². The second kappa shape index (κ2) is 4.58. The SMILES string of the molecule is CC1(C)CC1C(Cc1ccnc2ccccc12)NN. The fourth-order valence-corrected chi connectivity index (χ4v) is 3.08. The Morgan fingerprint density at radius 1 is 1.37 bits per heavy atom.